The molecule has 0 aromatic heterocycles. The van der Waals surface area contributed by atoms with Crippen molar-refractivity contribution in [2.24, 2.45) is 5.92 Å². The number of rotatable bonds is 5. The topological polar surface area (TPSA) is 59.6 Å². The summed E-state index contributed by atoms with van der Waals surface area (Å²) in [5, 5.41) is 5.87. The molecule has 1 amide bonds. The van der Waals surface area contributed by atoms with Crippen molar-refractivity contribution in [3.63, 3.8) is 0 Å². The lowest BCUT2D eigenvalue weighted by Gasteiger charge is -2.26. The molecular weight excluding hydrogens is 244 g/mol. The molecule has 5 heteroatoms. The lowest BCUT2D eigenvalue weighted by atomic mass is 10.1. The van der Waals surface area contributed by atoms with Gasteiger partial charge in [-0.1, -0.05) is 19.1 Å². The largest absolute Gasteiger partial charge is 0.486 e. The molecule has 2 rings (SSSR count). The molecule has 0 saturated carbocycles. The normalized spacial score (nSPS) is 18.7. The number of ether oxygens (including phenoxy) is 2. The Hall–Kier alpha value is -1.75. The predicted octanol–water partition coefficient (Wildman–Crippen LogP) is 0.798. The van der Waals surface area contributed by atoms with E-state index in [0.717, 1.165) is 11.5 Å². The number of carbonyl (C=O) groups is 1. The van der Waals surface area contributed by atoms with Gasteiger partial charge in [0.15, 0.2) is 11.5 Å². The number of hydrogen-bond acceptors (Lipinski definition) is 4. The molecule has 1 aromatic carbocycles. The van der Waals surface area contributed by atoms with Crippen LogP contribution in [0.25, 0.3) is 0 Å². The Balaban J connectivity index is 1.81. The first kappa shape index (κ1) is 13.7. The molecule has 0 spiro atoms. The van der Waals surface area contributed by atoms with Crippen molar-refractivity contribution in [2.45, 2.75) is 13.0 Å². The van der Waals surface area contributed by atoms with E-state index in [1.54, 1.807) is 0 Å². The fourth-order valence-electron chi connectivity index (χ4n) is 1.95. The Morgan fingerprint density at radius 1 is 1.42 bits per heavy atom. The Bertz CT molecular complexity index is 436. The molecule has 2 unspecified atom stereocenters. The minimum atomic E-state index is -0.138. The van der Waals surface area contributed by atoms with Gasteiger partial charge in [-0.2, -0.15) is 0 Å². The van der Waals surface area contributed by atoms with E-state index < -0.39 is 0 Å². The van der Waals surface area contributed by atoms with Gasteiger partial charge in [0.05, 0.1) is 6.54 Å². The van der Waals surface area contributed by atoms with Crippen LogP contribution in [0.5, 0.6) is 11.5 Å². The monoisotopic (exact) mass is 264 g/mol. The van der Waals surface area contributed by atoms with Crippen LogP contribution in [0.4, 0.5) is 0 Å². The van der Waals surface area contributed by atoms with E-state index in [9.17, 15) is 4.79 Å². The molecule has 0 bridgehead atoms. The van der Waals surface area contributed by atoms with Gasteiger partial charge in [0, 0.05) is 12.5 Å². The highest BCUT2D eigenvalue weighted by Gasteiger charge is 2.21. The summed E-state index contributed by atoms with van der Waals surface area (Å²) in [6.07, 6.45) is -0.138. The van der Waals surface area contributed by atoms with Crippen LogP contribution in [0.15, 0.2) is 24.3 Å². The lowest BCUT2D eigenvalue weighted by molar-refractivity contribution is -0.124. The second-order valence-electron chi connectivity index (χ2n) is 4.70. The Morgan fingerprint density at radius 3 is 2.89 bits per heavy atom. The number of benzene rings is 1. The van der Waals surface area contributed by atoms with E-state index in [0.29, 0.717) is 19.7 Å². The van der Waals surface area contributed by atoms with Gasteiger partial charge < -0.3 is 20.1 Å². The number of carbonyl (C=O) groups excluding carboxylic acids is 1. The summed E-state index contributed by atoms with van der Waals surface area (Å²) < 4.78 is 11.4. The van der Waals surface area contributed by atoms with Gasteiger partial charge in [-0.15, -0.1) is 0 Å². The molecule has 1 aliphatic heterocycles. The van der Waals surface area contributed by atoms with E-state index in [4.69, 9.17) is 9.47 Å². The van der Waals surface area contributed by atoms with Crippen LogP contribution in [0.2, 0.25) is 0 Å². The van der Waals surface area contributed by atoms with E-state index in [2.05, 4.69) is 10.6 Å². The van der Waals surface area contributed by atoms with Crippen molar-refractivity contribution in [3.8, 4) is 11.5 Å². The van der Waals surface area contributed by atoms with Crippen molar-refractivity contribution in [2.75, 3.05) is 26.7 Å². The molecule has 104 valence electrons. The summed E-state index contributed by atoms with van der Waals surface area (Å²) in [5.41, 5.74) is 0. The van der Waals surface area contributed by atoms with Crippen LogP contribution < -0.4 is 20.1 Å². The first-order valence-corrected chi connectivity index (χ1v) is 6.51. The van der Waals surface area contributed by atoms with E-state index in [1.807, 2.05) is 38.2 Å². The zero-order valence-corrected chi connectivity index (χ0v) is 11.3. The third kappa shape index (κ3) is 3.61. The number of hydrogen-bond donors (Lipinski definition) is 2. The Kier molecular flexibility index (Phi) is 4.63. The molecule has 1 heterocycles. The minimum Gasteiger partial charge on any atom is -0.486 e. The highest BCUT2D eigenvalue weighted by Crippen LogP contribution is 2.30. The highest BCUT2D eigenvalue weighted by atomic mass is 16.6. The van der Waals surface area contributed by atoms with Gasteiger partial charge in [-0.25, -0.2) is 0 Å². The van der Waals surface area contributed by atoms with Crippen molar-refractivity contribution in [1.82, 2.24) is 10.6 Å². The van der Waals surface area contributed by atoms with Gasteiger partial charge in [0.25, 0.3) is 0 Å². The van der Waals surface area contributed by atoms with Gasteiger partial charge >= 0.3 is 0 Å². The van der Waals surface area contributed by atoms with Gasteiger partial charge in [-0.05, 0) is 19.2 Å². The van der Waals surface area contributed by atoms with E-state index in [-0.39, 0.29) is 17.9 Å². The first-order valence-electron chi connectivity index (χ1n) is 6.51. The average Bonchev–Trinajstić information content (AvgIpc) is 2.44. The second-order valence-corrected chi connectivity index (χ2v) is 4.70. The summed E-state index contributed by atoms with van der Waals surface area (Å²) in [6.45, 7) is 3.47. The SMILES string of the molecule is CNCC(C)C(=O)NCC1COc2ccccc2O1. The van der Waals surface area contributed by atoms with Gasteiger partial charge in [-0.3, -0.25) is 4.79 Å². The Labute approximate surface area is 113 Å². The molecule has 0 radical (unpaired) electrons. The van der Waals surface area contributed by atoms with Crippen LogP contribution in [0.1, 0.15) is 6.92 Å². The maximum atomic E-state index is 11.8. The summed E-state index contributed by atoms with van der Waals surface area (Å²) in [5.74, 6) is 1.46. The number of para-hydroxylation sites is 2. The minimum absolute atomic E-state index is 0.0248. The number of amides is 1. The summed E-state index contributed by atoms with van der Waals surface area (Å²) in [7, 11) is 1.83. The van der Waals surface area contributed by atoms with Crippen molar-refractivity contribution >= 4 is 5.91 Å². The molecule has 0 saturated heterocycles. The van der Waals surface area contributed by atoms with Crippen LogP contribution in [-0.4, -0.2) is 38.8 Å². The maximum absolute atomic E-state index is 11.8. The smallest absolute Gasteiger partial charge is 0.224 e. The summed E-state index contributed by atoms with van der Waals surface area (Å²) >= 11 is 0. The zero-order chi connectivity index (χ0) is 13.7. The van der Waals surface area contributed by atoms with E-state index in [1.165, 1.54) is 0 Å². The number of nitrogens with one attached hydrogen (secondary N) is 2. The molecule has 5 nitrogen and oxygen atoms in total. The van der Waals surface area contributed by atoms with Crippen molar-refractivity contribution < 1.29 is 14.3 Å². The maximum Gasteiger partial charge on any atom is 0.224 e. The Morgan fingerprint density at radius 2 is 2.16 bits per heavy atom. The highest BCUT2D eigenvalue weighted by molar-refractivity contribution is 5.78. The zero-order valence-electron chi connectivity index (χ0n) is 11.3. The standard InChI is InChI=1S/C14H20N2O3/c1-10(7-15-2)14(17)16-8-11-9-18-12-5-3-4-6-13(12)19-11/h3-6,10-11,15H,7-9H2,1-2H3,(H,16,17). The number of fused-ring (bicyclic) bond motifs is 1. The van der Waals surface area contributed by atoms with Gasteiger partial charge in [0.2, 0.25) is 5.91 Å². The molecule has 2 N–H and O–H groups in total. The fourth-order valence-corrected chi connectivity index (χ4v) is 1.95. The summed E-state index contributed by atoms with van der Waals surface area (Å²) in [4.78, 5) is 11.8. The average molecular weight is 264 g/mol. The second kappa shape index (κ2) is 6.43. The first-order chi connectivity index (χ1) is 9.20. The van der Waals surface area contributed by atoms with Gasteiger partial charge in [0.1, 0.15) is 12.7 Å². The van der Waals surface area contributed by atoms with Crippen LogP contribution in [-0.2, 0) is 4.79 Å². The summed E-state index contributed by atoms with van der Waals surface area (Å²) in [6, 6.07) is 7.55. The third-order valence-electron chi connectivity index (χ3n) is 3.03. The molecule has 1 aliphatic rings. The molecule has 2 atom stereocenters. The van der Waals surface area contributed by atoms with Crippen LogP contribution >= 0.6 is 0 Å². The molecule has 0 aliphatic carbocycles. The lowest BCUT2D eigenvalue weighted by Crippen LogP contribution is -2.43. The van der Waals surface area contributed by atoms with Crippen molar-refractivity contribution in [1.29, 1.82) is 0 Å². The molecular formula is C14H20N2O3. The van der Waals surface area contributed by atoms with Crippen LogP contribution in [0.3, 0.4) is 0 Å². The fraction of sp³-hybridized carbons (Fsp3) is 0.500. The molecule has 1 aromatic rings. The molecule has 0 fully saturated rings. The van der Waals surface area contributed by atoms with Crippen molar-refractivity contribution in [3.05, 3.63) is 24.3 Å². The van der Waals surface area contributed by atoms with E-state index >= 15 is 0 Å². The molecule has 19 heavy (non-hydrogen) atoms. The third-order valence-corrected chi connectivity index (χ3v) is 3.03. The van der Waals surface area contributed by atoms with Crippen LogP contribution in [0, 0.1) is 5.92 Å². The quantitative estimate of drug-likeness (QED) is 0.826. The predicted molar refractivity (Wildman–Crippen MR) is 72.5 cm³/mol.